The van der Waals surface area contributed by atoms with Gasteiger partial charge >= 0.3 is 0 Å². The van der Waals surface area contributed by atoms with Crippen LogP contribution in [0.2, 0.25) is 0 Å². The summed E-state index contributed by atoms with van der Waals surface area (Å²) in [6.07, 6.45) is 0.921. The number of hydrogen-bond acceptors (Lipinski definition) is 2. The molecule has 1 heterocycles. The third-order valence-corrected chi connectivity index (χ3v) is 3.80. The van der Waals surface area contributed by atoms with Gasteiger partial charge < -0.3 is 5.73 Å². The summed E-state index contributed by atoms with van der Waals surface area (Å²) in [6, 6.07) is 10.9. The van der Waals surface area contributed by atoms with Gasteiger partial charge in [-0.1, -0.05) is 38.1 Å². The third-order valence-electron chi connectivity index (χ3n) is 3.07. The van der Waals surface area contributed by atoms with Gasteiger partial charge in [-0.15, -0.1) is 0 Å². The Morgan fingerprint density at radius 2 is 1.71 bits per heavy atom. The van der Waals surface area contributed by atoms with Crippen LogP contribution in [0, 0.1) is 0 Å². The Kier molecular flexibility index (Phi) is 3.97. The highest BCUT2D eigenvalue weighted by molar-refractivity contribution is 7.07. The third kappa shape index (κ3) is 3.18. The molecule has 0 aliphatic rings. The summed E-state index contributed by atoms with van der Waals surface area (Å²) in [7, 11) is 0. The molecule has 2 N–H and O–H groups in total. The number of hydrogen-bond donors (Lipinski definition) is 1. The molecular weight excluding hydrogens is 226 g/mol. The van der Waals surface area contributed by atoms with Crippen molar-refractivity contribution in [1.82, 2.24) is 0 Å². The van der Waals surface area contributed by atoms with Gasteiger partial charge in [-0.2, -0.15) is 11.3 Å². The first kappa shape index (κ1) is 12.3. The van der Waals surface area contributed by atoms with Crippen molar-refractivity contribution in [3.8, 4) is 0 Å². The van der Waals surface area contributed by atoms with Gasteiger partial charge in [-0.05, 0) is 45.9 Å². The molecule has 0 aliphatic heterocycles. The lowest BCUT2D eigenvalue weighted by Gasteiger charge is -2.13. The van der Waals surface area contributed by atoms with Crippen LogP contribution in [0.4, 0.5) is 0 Å². The molecule has 2 heteroatoms. The molecule has 0 amide bonds. The van der Waals surface area contributed by atoms with Crippen molar-refractivity contribution < 1.29 is 0 Å². The fourth-order valence-corrected chi connectivity index (χ4v) is 2.59. The maximum absolute atomic E-state index is 6.22. The minimum absolute atomic E-state index is 0.103. The average Bonchev–Trinajstić information content (AvgIpc) is 2.82. The van der Waals surface area contributed by atoms with Crippen LogP contribution >= 0.6 is 11.3 Å². The monoisotopic (exact) mass is 245 g/mol. The molecule has 0 saturated heterocycles. The van der Waals surface area contributed by atoms with Crippen molar-refractivity contribution in [2.45, 2.75) is 32.2 Å². The van der Waals surface area contributed by atoms with E-state index in [-0.39, 0.29) is 6.04 Å². The molecular formula is C15H19NS. The van der Waals surface area contributed by atoms with E-state index in [1.165, 1.54) is 16.7 Å². The highest BCUT2D eigenvalue weighted by atomic mass is 32.1. The highest BCUT2D eigenvalue weighted by Crippen LogP contribution is 2.20. The molecule has 2 aromatic rings. The van der Waals surface area contributed by atoms with Gasteiger partial charge in [0.25, 0.3) is 0 Å². The molecule has 0 bridgehead atoms. The fraction of sp³-hybridized carbons (Fsp3) is 0.333. The van der Waals surface area contributed by atoms with Gasteiger partial charge in [0, 0.05) is 6.04 Å². The Morgan fingerprint density at radius 3 is 2.24 bits per heavy atom. The van der Waals surface area contributed by atoms with Crippen molar-refractivity contribution in [2.75, 3.05) is 0 Å². The molecule has 1 unspecified atom stereocenters. The summed E-state index contributed by atoms with van der Waals surface area (Å²) in [5.74, 6) is 0.581. The standard InChI is InChI=1S/C15H19NS/c1-11(2)13-3-5-14(6-4-13)15(16)9-12-7-8-17-10-12/h3-8,10-11,15H,9,16H2,1-2H3. The van der Waals surface area contributed by atoms with E-state index in [0.717, 1.165) is 6.42 Å². The summed E-state index contributed by atoms with van der Waals surface area (Å²) in [5, 5.41) is 4.27. The van der Waals surface area contributed by atoms with Gasteiger partial charge in [0.2, 0.25) is 0 Å². The number of thiophene rings is 1. The van der Waals surface area contributed by atoms with Crippen LogP contribution in [0.25, 0.3) is 0 Å². The molecule has 0 fully saturated rings. The van der Waals surface area contributed by atoms with Crippen LogP contribution in [-0.2, 0) is 6.42 Å². The quantitative estimate of drug-likeness (QED) is 0.861. The zero-order valence-electron chi connectivity index (χ0n) is 10.4. The summed E-state index contributed by atoms with van der Waals surface area (Å²) >= 11 is 1.73. The Morgan fingerprint density at radius 1 is 1.06 bits per heavy atom. The van der Waals surface area contributed by atoms with Crippen LogP contribution < -0.4 is 5.73 Å². The van der Waals surface area contributed by atoms with Crippen LogP contribution in [-0.4, -0.2) is 0 Å². The van der Waals surface area contributed by atoms with Gasteiger partial charge in [-0.25, -0.2) is 0 Å². The maximum atomic E-state index is 6.22. The first-order valence-corrected chi connectivity index (χ1v) is 6.97. The largest absolute Gasteiger partial charge is 0.324 e. The molecule has 2 rings (SSSR count). The van der Waals surface area contributed by atoms with Crippen molar-refractivity contribution in [3.63, 3.8) is 0 Å². The van der Waals surface area contributed by atoms with Crippen LogP contribution in [0.15, 0.2) is 41.1 Å². The van der Waals surface area contributed by atoms with E-state index in [4.69, 9.17) is 5.73 Å². The predicted octanol–water partition coefficient (Wildman–Crippen LogP) is 4.11. The molecule has 1 nitrogen and oxygen atoms in total. The molecule has 1 aromatic carbocycles. The zero-order chi connectivity index (χ0) is 12.3. The maximum Gasteiger partial charge on any atom is 0.0336 e. The molecule has 90 valence electrons. The minimum Gasteiger partial charge on any atom is -0.324 e. The summed E-state index contributed by atoms with van der Waals surface area (Å²) in [4.78, 5) is 0. The smallest absolute Gasteiger partial charge is 0.0336 e. The van der Waals surface area contributed by atoms with E-state index in [1.807, 2.05) is 0 Å². The van der Waals surface area contributed by atoms with E-state index in [9.17, 15) is 0 Å². The summed E-state index contributed by atoms with van der Waals surface area (Å²) in [5.41, 5.74) is 10.1. The number of rotatable bonds is 4. The Hall–Kier alpha value is -1.12. The molecule has 0 aliphatic carbocycles. The van der Waals surface area contributed by atoms with Gasteiger partial charge in [0.05, 0.1) is 0 Å². The second-order valence-corrected chi connectivity index (χ2v) is 5.54. The van der Waals surface area contributed by atoms with Crippen LogP contribution in [0.1, 0.15) is 42.5 Å². The normalized spacial score (nSPS) is 12.9. The average molecular weight is 245 g/mol. The zero-order valence-corrected chi connectivity index (χ0v) is 11.2. The van der Waals surface area contributed by atoms with E-state index in [1.54, 1.807) is 11.3 Å². The number of benzene rings is 1. The molecule has 0 radical (unpaired) electrons. The van der Waals surface area contributed by atoms with Crippen molar-refractivity contribution in [1.29, 1.82) is 0 Å². The van der Waals surface area contributed by atoms with Gasteiger partial charge in [-0.3, -0.25) is 0 Å². The number of nitrogens with two attached hydrogens (primary N) is 1. The Balaban J connectivity index is 2.06. The first-order valence-electron chi connectivity index (χ1n) is 6.03. The molecule has 1 atom stereocenters. The molecule has 17 heavy (non-hydrogen) atoms. The topological polar surface area (TPSA) is 26.0 Å². The Bertz CT molecular complexity index is 442. The Labute approximate surface area is 107 Å². The van der Waals surface area contributed by atoms with Crippen molar-refractivity contribution >= 4 is 11.3 Å². The molecule has 1 aromatic heterocycles. The summed E-state index contributed by atoms with van der Waals surface area (Å²) in [6.45, 7) is 4.42. The highest BCUT2D eigenvalue weighted by Gasteiger charge is 2.08. The lowest BCUT2D eigenvalue weighted by atomic mass is 9.97. The second-order valence-electron chi connectivity index (χ2n) is 4.76. The van der Waals surface area contributed by atoms with Crippen molar-refractivity contribution in [2.24, 2.45) is 5.73 Å². The minimum atomic E-state index is 0.103. The van der Waals surface area contributed by atoms with E-state index in [0.29, 0.717) is 5.92 Å². The van der Waals surface area contributed by atoms with E-state index < -0.39 is 0 Å². The van der Waals surface area contributed by atoms with Crippen molar-refractivity contribution in [3.05, 3.63) is 57.8 Å². The van der Waals surface area contributed by atoms with E-state index >= 15 is 0 Å². The van der Waals surface area contributed by atoms with Crippen LogP contribution in [0.5, 0.6) is 0 Å². The molecule has 0 spiro atoms. The van der Waals surface area contributed by atoms with Gasteiger partial charge in [0.1, 0.15) is 0 Å². The molecule has 0 saturated carbocycles. The second kappa shape index (κ2) is 5.48. The first-order chi connectivity index (χ1) is 8.16. The summed E-state index contributed by atoms with van der Waals surface area (Å²) < 4.78 is 0. The lowest BCUT2D eigenvalue weighted by molar-refractivity contribution is 0.722. The fourth-order valence-electron chi connectivity index (χ4n) is 1.91. The van der Waals surface area contributed by atoms with Gasteiger partial charge in [0.15, 0.2) is 0 Å². The lowest BCUT2D eigenvalue weighted by Crippen LogP contribution is -2.12. The predicted molar refractivity (Wildman–Crippen MR) is 75.5 cm³/mol. The van der Waals surface area contributed by atoms with Crippen LogP contribution in [0.3, 0.4) is 0 Å². The SMILES string of the molecule is CC(C)c1ccc(C(N)Cc2ccsc2)cc1. The van der Waals surface area contributed by atoms with E-state index in [2.05, 4.69) is 54.9 Å².